The van der Waals surface area contributed by atoms with E-state index in [4.69, 9.17) is 17.7 Å². The third kappa shape index (κ3) is 5.94. The minimum atomic E-state index is -8.66. The van der Waals surface area contributed by atoms with E-state index < -0.39 is 43.4 Å². The Morgan fingerprint density at radius 3 is 0.692 bits per heavy atom. The van der Waals surface area contributed by atoms with E-state index >= 15 is 0 Å². The molecule has 6 heterocycles. The Kier molecular flexibility index (Phi) is 11.4. The van der Waals surface area contributed by atoms with Crippen LogP contribution in [0.1, 0.15) is 90.6 Å². The first kappa shape index (κ1) is 55.6. The third-order valence-electron chi connectivity index (χ3n) is 23.5. The van der Waals surface area contributed by atoms with Gasteiger partial charge in [-0.1, -0.05) is 0 Å². The first-order valence-corrected chi connectivity index (χ1v) is 52.6. The van der Waals surface area contributed by atoms with Crippen LogP contribution in [0, 0.1) is 27.7 Å². The summed E-state index contributed by atoms with van der Waals surface area (Å²) < 4.78 is 25.1. The van der Waals surface area contributed by atoms with Crippen LogP contribution in [0.3, 0.4) is 0 Å². The molecule has 4 nitrogen and oxygen atoms in total. The summed E-state index contributed by atoms with van der Waals surface area (Å²) in [5.74, 6) is 6.38. The van der Waals surface area contributed by atoms with Crippen LogP contribution in [0.15, 0.2) is 260 Å². The maximum absolute atomic E-state index is 11.9. The maximum atomic E-state index is 11.9. The summed E-state index contributed by atoms with van der Waals surface area (Å²) in [5.41, 5.74) is 22.3. The predicted octanol–water partition coefficient (Wildman–Crippen LogP) is 21.5. The molecule has 0 amide bonds. The van der Waals surface area contributed by atoms with Crippen molar-refractivity contribution in [2.24, 2.45) is 0 Å². The second-order valence-electron chi connectivity index (χ2n) is 26.7. The summed E-state index contributed by atoms with van der Waals surface area (Å²) >= 11 is -8.66. The van der Waals surface area contributed by atoms with Gasteiger partial charge < -0.3 is 0 Å². The summed E-state index contributed by atoms with van der Waals surface area (Å²) in [6.07, 6.45) is 10.0. The van der Waals surface area contributed by atoms with E-state index in [1.54, 1.807) is 0 Å². The average Bonchev–Trinajstić information content (AvgIpc) is 1.52. The average molecular weight is 1420 g/mol. The molecule has 12 aromatic rings. The van der Waals surface area contributed by atoms with E-state index in [0.29, 0.717) is 0 Å². The van der Waals surface area contributed by atoms with Crippen LogP contribution in [0.5, 0.6) is 0 Å². The number of fused-ring (bicyclic) bond motifs is 12. The van der Waals surface area contributed by atoms with E-state index in [2.05, 4.69) is 308 Å². The molecule has 0 saturated carbocycles. The van der Waals surface area contributed by atoms with Crippen LogP contribution in [0.2, 0.25) is 13.1 Å². The molecule has 91 heavy (non-hydrogen) atoms. The fourth-order valence-electron chi connectivity index (χ4n) is 21.3. The van der Waals surface area contributed by atoms with Gasteiger partial charge in [-0.05, 0) is 0 Å². The second-order valence-corrected chi connectivity index (χ2v) is 81.0. The monoisotopic (exact) mass is 1420 g/mol. The Balaban J connectivity index is 1.17. The Morgan fingerprint density at radius 1 is 0.275 bits per heavy atom. The number of allylic oxidation sites excluding steroid dienone is 4. The first-order chi connectivity index (χ1) is 44.2. The first-order valence-electron chi connectivity index (χ1n) is 31.9. The number of furan rings is 4. The molecular formula is C82H64Cl2HfO4Si2. The molecule has 4 aliphatic carbocycles. The van der Waals surface area contributed by atoms with Crippen molar-refractivity contribution in [2.45, 2.75) is 52.0 Å². The number of rotatable bonds is 8. The number of benzene rings is 8. The van der Waals surface area contributed by atoms with Gasteiger partial charge in [0.2, 0.25) is 0 Å². The molecule has 4 unspecified atom stereocenters. The van der Waals surface area contributed by atoms with Crippen molar-refractivity contribution in [3.05, 3.63) is 333 Å². The van der Waals surface area contributed by atoms with E-state index in [-0.39, 0.29) is 0 Å². The molecule has 8 aromatic carbocycles. The van der Waals surface area contributed by atoms with Crippen molar-refractivity contribution >= 4 is 81.3 Å². The van der Waals surface area contributed by atoms with E-state index in [1.807, 2.05) is 0 Å². The van der Waals surface area contributed by atoms with Gasteiger partial charge in [0.1, 0.15) is 0 Å². The molecule has 2 fully saturated rings. The van der Waals surface area contributed by atoms with E-state index in [1.165, 1.54) is 22.3 Å². The van der Waals surface area contributed by atoms with Crippen molar-refractivity contribution in [1.82, 2.24) is 0 Å². The Hall–Kier alpha value is -8.28. The van der Waals surface area contributed by atoms with Gasteiger partial charge in [0.25, 0.3) is 0 Å². The van der Waals surface area contributed by atoms with Gasteiger partial charge in [-0.3, -0.25) is 0 Å². The molecule has 6 aliphatic rings. The fraction of sp³-hybridized carbons (Fsp3) is 0.122. The molecule has 2 saturated heterocycles. The van der Waals surface area contributed by atoms with Crippen LogP contribution < -0.4 is 0 Å². The van der Waals surface area contributed by atoms with E-state index in [0.717, 1.165) is 135 Å². The van der Waals surface area contributed by atoms with Crippen molar-refractivity contribution in [3.8, 4) is 44.5 Å². The van der Waals surface area contributed by atoms with Gasteiger partial charge in [-0.2, -0.15) is 0 Å². The molecule has 5 spiro atoms. The quantitative estimate of drug-likeness (QED) is 0.142. The van der Waals surface area contributed by atoms with Gasteiger partial charge in [0.15, 0.2) is 0 Å². The van der Waals surface area contributed by atoms with Gasteiger partial charge >= 0.3 is 543 Å². The molecule has 18 rings (SSSR count). The van der Waals surface area contributed by atoms with Crippen molar-refractivity contribution < 1.29 is 32.3 Å². The van der Waals surface area contributed by atoms with Crippen molar-refractivity contribution in [3.63, 3.8) is 0 Å². The summed E-state index contributed by atoms with van der Waals surface area (Å²) in [4.78, 5) is 0. The van der Waals surface area contributed by atoms with Gasteiger partial charge in [0.05, 0.1) is 0 Å². The minimum absolute atomic E-state index is 0.784. The molecule has 0 N–H and O–H groups in total. The van der Waals surface area contributed by atoms with Crippen LogP contribution in [-0.4, -0.2) is 17.6 Å². The van der Waals surface area contributed by atoms with Crippen molar-refractivity contribution in [2.75, 3.05) is 0 Å². The van der Waals surface area contributed by atoms with Gasteiger partial charge in [-0.25, -0.2) is 0 Å². The standard InChI is InChI=1S/2C41H32O2Si.2ClH.Hf/c2*1-26-20-22-38(42-26)36-24-34-30(28-12-6-4-7-13-28)16-10-18-32(34)40(36)44(3)41-33-19-11-17-31(29-14-8-5-9-15-29)35(33)25-37(41)39-23-21-27(2)43-39;;;/h2*4-25,44H,1-3H3;2*1H;/q;;;;+2/p-2. The van der Waals surface area contributed by atoms with Crippen LogP contribution >= 0.6 is 17.2 Å². The molecule has 4 aromatic heterocycles. The summed E-state index contributed by atoms with van der Waals surface area (Å²) in [5, 5.41) is 0. The van der Waals surface area contributed by atoms with Gasteiger partial charge in [0, 0.05) is 0 Å². The predicted molar refractivity (Wildman–Crippen MR) is 377 cm³/mol. The fourth-order valence-corrected chi connectivity index (χ4v) is 187. The summed E-state index contributed by atoms with van der Waals surface area (Å²) in [7, 11) is 17.7. The van der Waals surface area contributed by atoms with Crippen LogP contribution in [0.25, 0.3) is 91.1 Å². The number of halogens is 2. The zero-order valence-electron chi connectivity index (χ0n) is 51.4. The van der Waals surface area contributed by atoms with Crippen molar-refractivity contribution in [1.29, 1.82) is 0 Å². The summed E-state index contributed by atoms with van der Waals surface area (Å²) in [6, 6.07) is 89.2. The third-order valence-corrected chi connectivity index (χ3v) is 138. The second kappa shape index (κ2) is 18.7. The molecule has 0 bridgehead atoms. The molecular weight excluding hydrogens is 1350 g/mol. The topological polar surface area (TPSA) is 52.6 Å². The molecule has 9 heteroatoms. The number of hydrogen-bond acceptors (Lipinski definition) is 4. The number of aryl methyl sites for hydroxylation is 4. The number of hydrogen-bond donors (Lipinski definition) is 0. The van der Waals surface area contributed by atoms with Crippen LogP contribution in [-0.2, 0) is 25.8 Å². The summed E-state index contributed by atoms with van der Waals surface area (Å²) in [6.45, 7) is 13.6. The molecule has 4 atom stereocenters. The Morgan fingerprint density at radius 2 is 0.495 bits per heavy atom. The van der Waals surface area contributed by atoms with Crippen LogP contribution in [0.4, 0.5) is 0 Å². The SMILES string of the molecule is Cc1ccc(C2=Cc3c(-c4ccccc4)cccc3[C]23[SiH](C)[C]2(C(c4ccc(C)o4)=Cc4c(-c5ccccc5)cccc42)[Hf]32([Cl])([Cl])[C]3(C(c4ccc(C)o4)=Cc4c(-c5ccccc5)cccc43)[SiH](C)[C]23C(c2ccc(C)o2)=Cc2c(-c4ccccc4)cccc23)o1. The zero-order chi connectivity index (χ0) is 61.7. The van der Waals surface area contributed by atoms with Gasteiger partial charge in [-0.15, -0.1) is 0 Å². The Bertz CT molecular complexity index is 4600. The zero-order valence-corrected chi connectivity index (χ0v) is 58.9. The Labute approximate surface area is 538 Å². The van der Waals surface area contributed by atoms with E-state index in [9.17, 15) is 17.2 Å². The normalized spacial score (nSPS) is 25.1. The molecule has 0 radical (unpaired) electrons. The molecule has 2 aliphatic heterocycles. The molecule has 442 valence electrons.